The summed E-state index contributed by atoms with van der Waals surface area (Å²) in [5.41, 5.74) is 12.1. The van der Waals surface area contributed by atoms with Gasteiger partial charge < -0.3 is 5.73 Å². The van der Waals surface area contributed by atoms with Crippen molar-refractivity contribution in [1.29, 1.82) is 0 Å². The second-order valence-corrected chi connectivity index (χ2v) is 5.23. The summed E-state index contributed by atoms with van der Waals surface area (Å²) in [6.45, 7) is 2.21. The van der Waals surface area contributed by atoms with E-state index in [2.05, 4.69) is 55.5 Å². The Hall–Kier alpha value is -1.60. The van der Waals surface area contributed by atoms with Crippen molar-refractivity contribution in [2.24, 2.45) is 5.73 Å². The van der Waals surface area contributed by atoms with Crippen LogP contribution in [0.15, 0.2) is 48.5 Å². The third-order valence-electron chi connectivity index (χ3n) is 4.10. The minimum atomic E-state index is 0.238. The maximum Gasteiger partial charge on any atom is 0.0244 e. The summed E-state index contributed by atoms with van der Waals surface area (Å²) in [6, 6.07) is 17.5. The number of hydrogen-bond acceptors (Lipinski definition) is 1. The standard InChI is InChI=1S/C17H19N/c1-12-6-5-9-15-14(12)10-11-16(18)17(15)13-7-3-2-4-8-13/h2-9,16-17H,10-11,18H2,1H3. The van der Waals surface area contributed by atoms with E-state index in [4.69, 9.17) is 5.73 Å². The van der Waals surface area contributed by atoms with Crippen LogP contribution in [0.3, 0.4) is 0 Å². The number of benzene rings is 2. The molecule has 0 saturated heterocycles. The van der Waals surface area contributed by atoms with Gasteiger partial charge in [0.2, 0.25) is 0 Å². The molecule has 0 spiro atoms. The maximum atomic E-state index is 6.38. The van der Waals surface area contributed by atoms with Crippen molar-refractivity contribution < 1.29 is 0 Å². The van der Waals surface area contributed by atoms with Gasteiger partial charge in [-0.2, -0.15) is 0 Å². The summed E-state index contributed by atoms with van der Waals surface area (Å²) in [5.74, 6) is 0.356. The van der Waals surface area contributed by atoms with Crippen LogP contribution in [0.1, 0.15) is 34.6 Å². The SMILES string of the molecule is Cc1cccc2c1CCC(N)C2c1ccccc1. The van der Waals surface area contributed by atoms with E-state index in [1.807, 2.05) is 0 Å². The molecule has 2 unspecified atom stereocenters. The van der Waals surface area contributed by atoms with Gasteiger partial charge in [0, 0.05) is 12.0 Å². The predicted octanol–water partition coefficient (Wildman–Crippen LogP) is 3.40. The Morgan fingerprint density at radius 2 is 1.78 bits per heavy atom. The monoisotopic (exact) mass is 237 g/mol. The maximum absolute atomic E-state index is 6.38. The lowest BCUT2D eigenvalue weighted by Gasteiger charge is -2.32. The molecule has 2 aromatic carbocycles. The lowest BCUT2D eigenvalue weighted by Crippen LogP contribution is -2.34. The van der Waals surface area contributed by atoms with Crippen LogP contribution in [0.25, 0.3) is 0 Å². The molecule has 1 aliphatic rings. The Kier molecular flexibility index (Phi) is 2.92. The molecule has 2 N–H and O–H groups in total. The summed E-state index contributed by atoms with van der Waals surface area (Å²) in [4.78, 5) is 0. The molecule has 18 heavy (non-hydrogen) atoms. The van der Waals surface area contributed by atoms with Gasteiger partial charge in [0.05, 0.1) is 0 Å². The highest BCUT2D eigenvalue weighted by molar-refractivity contribution is 5.45. The molecule has 0 aromatic heterocycles. The van der Waals surface area contributed by atoms with Crippen LogP contribution in [0.5, 0.6) is 0 Å². The third kappa shape index (κ3) is 1.85. The van der Waals surface area contributed by atoms with Gasteiger partial charge >= 0.3 is 0 Å². The first-order valence-corrected chi connectivity index (χ1v) is 6.66. The van der Waals surface area contributed by atoms with Crippen LogP contribution in [0, 0.1) is 6.92 Å². The van der Waals surface area contributed by atoms with Gasteiger partial charge in [0.25, 0.3) is 0 Å². The van der Waals surface area contributed by atoms with Gasteiger partial charge in [-0.05, 0) is 42.0 Å². The Labute approximate surface area is 109 Å². The Balaban J connectivity index is 2.13. The molecule has 0 aliphatic heterocycles. The number of rotatable bonds is 1. The van der Waals surface area contributed by atoms with E-state index in [-0.39, 0.29) is 6.04 Å². The molecule has 1 heteroatoms. The van der Waals surface area contributed by atoms with Crippen LogP contribution < -0.4 is 5.73 Å². The van der Waals surface area contributed by atoms with Crippen LogP contribution in [0.2, 0.25) is 0 Å². The molecule has 0 heterocycles. The first-order chi connectivity index (χ1) is 8.77. The minimum absolute atomic E-state index is 0.238. The van der Waals surface area contributed by atoms with Crippen molar-refractivity contribution in [2.75, 3.05) is 0 Å². The van der Waals surface area contributed by atoms with E-state index in [1.165, 1.54) is 22.3 Å². The number of nitrogens with two attached hydrogens (primary N) is 1. The van der Waals surface area contributed by atoms with Crippen molar-refractivity contribution in [2.45, 2.75) is 31.7 Å². The summed E-state index contributed by atoms with van der Waals surface area (Å²) in [7, 11) is 0. The molecule has 92 valence electrons. The molecule has 1 nitrogen and oxygen atoms in total. The van der Waals surface area contributed by atoms with Crippen molar-refractivity contribution in [3.63, 3.8) is 0 Å². The average molecular weight is 237 g/mol. The zero-order valence-electron chi connectivity index (χ0n) is 10.8. The highest BCUT2D eigenvalue weighted by Gasteiger charge is 2.28. The minimum Gasteiger partial charge on any atom is -0.327 e. The Morgan fingerprint density at radius 1 is 1.00 bits per heavy atom. The van der Waals surface area contributed by atoms with Gasteiger partial charge in [0.1, 0.15) is 0 Å². The highest BCUT2D eigenvalue weighted by atomic mass is 14.7. The van der Waals surface area contributed by atoms with Gasteiger partial charge in [-0.25, -0.2) is 0 Å². The molecule has 0 radical (unpaired) electrons. The highest BCUT2D eigenvalue weighted by Crippen LogP contribution is 2.37. The van der Waals surface area contributed by atoms with E-state index in [0.29, 0.717) is 5.92 Å². The molecular weight excluding hydrogens is 218 g/mol. The zero-order chi connectivity index (χ0) is 12.5. The van der Waals surface area contributed by atoms with E-state index in [9.17, 15) is 0 Å². The third-order valence-corrected chi connectivity index (χ3v) is 4.10. The average Bonchev–Trinajstić information content (AvgIpc) is 2.40. The Bertz CT molecular complexity index is 545. The second kappa shape index (κ2) is 4.58. The van der Waals surface area contributed by atoms with Crippen LogP contribution in [-0.2, 0) is 6.42 Å². The molecule has 0 bridgehead atoms. The first kappa shape index (κ1) is 11.5. The molecule has 2 atom stereocenters. The van der Waals surface area contributed by atoms with Crippen molar-refractivity contribution >= 4 is 0 Å². The molecule has 0 saturated carbocycles. The first-order valence-electron chi connectivity index (χ1n) is 6.66. The molecule has 0 amide bonds. The van der Waals surface area contributed by atoms with Crippen LogP contribution >= 0.6 is 0 Å². The van der Waals surface area contributed by atoms with E-state index >= 15 is 0 Å². The quantitative estimate of drug-likeness (QED) is 0.808. The van der Waals surface area contributed by atoms with Gasteiger partial charge in [-0.3, -0.25) is 0 Å². The number of fused-ring (bicyclic) bond motifs is 1. The zero-order valence-corrected chi connectivity index (χ0v) is 10.8. The Morgan fingerprint density at radius 3 is 2.56 bits per heavy atom. The van der Waals surface area contributed by atoms with Gasteiger partial charge in [-0.1, -0.05) is 48.5 Å². The summed E-state index contributed by atoms with van der Waals surface area (Å²) in [6.07, 6.45) is 2.20. The number of hydrogen-bond donors (Lipinski definition) is 1. The fourth-order valence-corrected chi connectivity index (χ4v) is 3.15. The molecule has 2 aromatic rings. The molecular formula is C17H19N. The summed E-state index contributed by atoms with van der Waals surface area (Å²) < 4.78 is 0. The molecule has 3 rings (SSSR count). The summed E-state index contributed by atoms with van der Waals surface area (Å²) >= 11 is 0. The topological polar surface area (TPSA) is 26.0 Å². The fourth-order valence-electron chi connectivity index (χ4n) is 3.15. The van der Waals surface area contributed by atoms with E-state index < -0.39 is 0 Å². The van der Waals surface area contributed by atoms with Crippen molar-refractivity contribution in [3.05, 3.63) is 70.8 Å². The largest absolute Gasteiger partial charge is 0.327 e. The second-order valence-electron chi connectivity index (χ2n) is 5.23. The number of aryl methyl sites for hydroxylation is 1. The predicted molar refractivity (Wildman–Crippen MR) is 75.8 cm³/mol. The van der Waals surface area contributed by atoms with E-state index in [1.54, 1.807) is 0 Å². The molecule has 1 aliphatic carbocycles. The normalized spacial score (nSPS) is 22.6. The van der Waals surface area contributed by atoms with E-state index in [0.717, 1.165) is 12.8 Å². The summed E-state index contributed by atoms with van der Waals surface area (Å²) in [5, 5.41) is 0. The molecule has 0 fully saturated rings. The fraction of sp³-hybridized carbons (Fsp3) is 0.294. The van der Waals surface area contributed by atoms with Crippen LogP contribution in [-0.4, -0.2) is 6.04 Å². The lowest BCUT2D eigenvalue weighted by atomic mass is 9.75. The van der Waals surface area contributed by atoms with Crippen molar-refractivity contribution in [1.82, 2.24) is 0 Å². The van der Waals surface area contributed by atoms with Gasteiger partial charge in [0.15, 0.2) is 0 Å². The smallest absolute Gasteiger partial charge is 0.0244 e. The van der Waals surface area contributed by atoms with Crippen LogP contribution in [0.4, 0.5) is 0 Å². The van der Waals surface area contributed by atoms with Crippen molar-refractivity contribution in [3.8, 4) is 0 Å². The van der Waals surface area contributed by atoms with Gasteiger partial charge in [-0.15, -0.1) is 0 Å². The lowest BCUT2D eigenvalue weighted by molar-refractivity contribution is 0.517.